The van der Waals surface area contributed by atoms with E-state index in [1.54, 1.807) is 0 Å². The summed E-state index contributed by atoms with van der Waals surface area (Å²) in [6.07, 6.45) is 3.64. The van der Waals surface area contributed by atoms with Crippen molar-refractivity contribution < 1.29 is 0 Å². The maximum absolute atomic E-state index is 5.90. The van der Waals surface area contributed by atoms with Crippen molar-refractivity contribution in [2.45, 2.75) is 20.4 Å². The van der Waals surface area contributed by atoms with Gasteiger partial charge in [-0.1, -0.05) is 0 Å². The maximum Gasteiger partial charge on any atom is 0.145 e. The third-order valence-corrected chi connectivity index (χ3v) is 3.54. The standard InChI is InChI=1S/C11H16N4S/c1-7-8(2)15(4-5-16-3)11-9(7)10(12)13-6-14-11/h6H,4-5H2,1-3H3,(H2,12,13,14). The molecule has 86 valence electrons. The minimum Gasteiger partial charge on any atom is -0.383 e. The molecule has 0 radical (unpaired) electrons. The molecule has 2 heterocycles. The van der Waals surface area contributed by atoms with Crippen LogP contribution in [0.25, 0.3) is 11.0 Å². The molecule has 0 aromatic carbocycles. The number of nitrogens with zero attached hydrogens (tertiary/aromatic N) is 3. The average Bonchev–Trinajstić information content (AvgIpc) is 2.51. The molecule has 0 aliphatic heterocycles. The first-order chi connectivity index (χ1) is 7.66. The van der Waals surface area contributed by atoms with Gasteiger partial charge in [-0.2, -0.15) is 11.8 Å². The molecule has 0 aliphatic carbocycles. The summed E-state index contributed by atoms with van der Waals surface area (Å²) in [7, 11) is 0. The summed E-state index contributed by atoms with van der Waals surface area (Å²) in [5.74, 6) is 1.65. The van der Waals surface area contributed by atoms with Gasteiger partial charge in [0.2, 0.25) is 0 Å². The van der Waals surface area contributed by atoms with Gasteiger partial charge in [-0.25, -0.2) is 9.97 Å². The third-order valence-electron chi connectivity index (χ3n) is 2.95. The van der Waals surface area contributed by atoms with Crippen LogP contribution in [-0.2, 0) is 6.54 Å². The van der Waals surface area contributed by atoms with Crippen LogP contribution in [0.15, 0.2) is 6.33 Å². The highest BCUT2D eigenvalue weighted by atomic mass is 32.2. The summed E-state index contributed by atoms with van der Waals surface area (Å²) in [5, 5.41) is 1.00. The molecular formula is C11H16N4S. The predicted octanol–water partition coefficient (Wildman–Crippen LogP) is 1.99. The van der Waals surface area contributed by atoms with Crippen LogP contribution in [0.2, 0.25) is 0 Å². The molecule has 2 aromatic heterocycles. The first kappa shape index (κ1) is 11.3. The molecule has 4 nitrogen and oxygen atoms in total. The Balaban J connectivity index is 2.64. The highest BCUT2D eigenvalue weighted by Crippen LogP contribution is 2.26. The first-order valence-electron chi connectivity index (χ1n) is 5.21. The van der Waals surface area contributed by atoms with E-state index in [1.165, 1.54) is 17.6 Å². The predicted molar refractivity (Wildman–Crippen MR) is 69.8 cm³/mol. The zero-order valence-electron chi connectivity index (χ0n) is 9.82. The quantitative estimate of drug-likeness (QED) is 0.885. The largest absolute Gasteiger partial charge is 0.383 e. The Morgan fingerprint density at radius 2 is 2.12 bits per heavy atom. The maximum atomic E-state index is 5.90. The van der Waals surface area contributed by atoms with Gasteiger partial charge in [0.25, 0.3) is 0 Å². The van der Waals surface area contributed by atoms with Crippen molar-refractivity contribution in [1.29, 1.82) is 0 Å². The fraction of sp³-hybridized carbons (Fsp3) is 0.455. The van der Waals surface area contributed by atoms with Crippen LogP contribution >= 0.6 is 11.8 Å². The Morgan fingerprint density at radius 3 is 2.81 bits per heavy atom. The van der Waals surface area contributed by atoms with Gasteiger partial charge >= 0.3 is 0 Å². The molecule has 2 aromatic rings. The van der Waals surface area contributed by atoms with Crippen molar-refractivity contribution >= 4 is 28.6 Å². The molecule has 0 amide bonds. The zero-order chi connectivity index (χ0) is 11.7. The van der Waals surface area contributed by atoms with Gasteiger partial charge in [0.1, 0.15) is 17.8 Å². The average molecular weight is 236 g/mol. The Bertz CT molecular complexity index is 518. The number of anilines is 1. The molecule has 0 spiro atoms. The fourth-order valence-electron chi connectivity index (χ4n) is 1.95. The van der Waals surface area contributed by atoms with Crippen molar-refractivity contribution in [1.82, 2.24) is 14.5 Å². The topological polar surface area (TPSA) is 56.7 Å². The van der Waals surface area contributed by atoms with Crippen molar-refractivity contribution in [3.63, 3.8) is 0 Å². The summed E-state index contributed by atoms with van der Waals surface area (Å²) in [4.78, 5) is 8.39. The van der Waals surface area contributed by atoms with E-state index >= 15 is 0 Å². The van der Waals surface area contributed by atoms with Gasteiger partial charge < -0.3 is 10.3 Å². The van der Waals surface area contributed by atoms with E-state index in [9.17, 15) is 0 Å². The van der Waals surface area contributed by atoms with Crippen molar-refractivity contribution in [3.8, 4) is 0 Å². The zero-order valence-corrected chi connectivity index (χ0v) is 10.6. The lowest BCUT2D eigenvalue weighted by molar-refractivity contribution is 0.765. The summed E-state index contributed by atoms with van der Waals surface area (Å²) >= 11 is 1.83. The lowest BCUT2D eigenvalue weighted by atomic mass is 10.2. The van der Waals surface area contributed by atoms with E-state index < -0.39 is 0 Å². The molecule has 0 fully saturated rings. The molecule has 2 rings (SSSR count). The highest BCUT2D eigenvalue weighted by molar-refractivity contribution is 7.98. The van der Waals surface area contributed by atoms with Gasteiger partial charge in [0.05, 0.1) is 5.39 Å². The van der Waals surface area contributed by atoms with Crippen LogP contribution in [-0.4, -0.2) is 26.5 Å². The second-order valence-electron chi connectivity index (χ2n) is 3.81. The molecule has 0 aliphatic rings. The van der Waals surface area contributed by atoms with Gasteiger partial charge in [0, 0.05) is 18.0 Å². The lowest BCUT2D eigenvalue weighted by Gasteiger charge is -2.05. The molecule has 0 atom stereocenters. The molecule has 0 bridgehead atoms. The number of nitrogen functional groups attached to an aromatic ring is 1. The number of hydrogen-bond donors (Lipinski definition) is 1. The van der Waals surface area contributed by atoms with E-state index in [1.807, 2.05) is 11.8 Å². The fourth-order valence-corrected chi connectivity index (χ4v) is 2.32. The third kappa shape index (κ3) is 1.65. The van der Waals surface area contributed by atoms with Crippen LogP contribution in [0.4, 0.5) is 5.82 Å². The highest BCUT2D eigenvalue weighted by Gasteiger charge is 2.14. The number of hydrogen-bond acceptors (Lipinski definition) is 4. The van der Waals surface area contributed by atoms with Crippen molar-refractivity contribution in [2.24, 2.45) is 0 Å². The summed E-state index contributed by atoms with van der Waals surface area (Å²) in [6, 6.07) is 0. The molecule has 0 unspecified atom stereocenters. The molecule has 0 saturated carbocycles. The van der Waals surface area contributed by atoms with Gasteiger partial charge in [-0.15, -0.1) is 0 Å². The molecule has 0 saturated heterocycles. The number of aromatic nitrogens is 3. The minimum absolute atomic E-state index is 0.577. The number of nitrogens with two attached hydrogens (primary N) is 1. The SMILES string of the molecule is CSCCn1c(C)c(C)c2c(N)ncnc21. The molecular weight excluding hydrogens is 220 g/mol. The Hall–Kier alpha value is -1.23. The van der Waals surface area contributed by atoms with Crippen LogP contribution in [0, 0.1) is 13.8 Å². The van der Waals surface area contributed by atoms with Gasteiger partial charge in [-0.3, -0.25) is 0 Å². The van der Waals surface area contributed by atoms with Crippen LogP contribution in [0.1, 0.15) is 11.3 Å². The Labute approximate surface area is 99.3 Å². The number of rotatable bonds is 3. The van der Waals surface area contributed by atoms with Gasteiger partial charge in [0.15, 0.2) is 0 Å². The second-order valence-corrected chi connectivity index (χ2v) is 4.80. The van der Waals surface area contributed by atoms with E-state index in [4.69, 9.17) is 5.73 Å². The van der Waals surface area contributed by atoms with Crippen LogP contribution in [0.5, 0.6) is 0 Å². The smallest absolute Gasteiger partial charge is 0.145 e. The van der Waals surface area contributed by atoms with E-state index in [-0.39, 0.29) is 0 Å². The number of thioether (sulfide) groups is 1. The Morgan fingerprint density at radius 1 is 1.38 bits per heavy atom. The van der Waals surface area contributed by atoms with Crippen molar-refractivity contribution in [2.75, 3.05) is 17.7 Å². The summed E-state index contributed by atoms with van der Waals surface area (Å²) < 4.78 is 2.22. The normalized spacial score (nSPS) is 11.2. The van der Waals surface area contributed by atoms with E-state index in [2.05, 4.69) is 34.6 Å². The number of fused-ring (bicyclic) bond motifs is 1. The van der Waals surface area contributed by atoms with Crippen molar-refractivity contribution in [3.05, 3.63) is 17.6 Å². The van der Waals surface area contributed by atoms with Crippen LogP contribution in [0.3, 0.4) is 0 Å². The molecule has 5 heteroatoms. The summed E-state index contributed by atoms with van der Waals surface area (Å²) in [6.45, 7) is 5.15. The van der Waals surface area contributed by atoms with Gasteiger partial charge in [-0.05, 0) is 25.7 Å². The van der Waals surface area contributed by atoms with E-state index in [0.717, 1.165) is 23.3 Å². The second kappa shape index (κ2) is 4.33. The number of aryl methyl sites for hydroxylation is 2. The summed E-state index contributed by atoms with van der Waals surface area (Å²) in [5.41, 5.74) is 9.28. The Kier molecular flexibility index (Phi) is 3.05. The lowest BCUT2D eigenvalue weighted by Crippen LogP contribution is -2.03. The minimum atomic E-state index is 0.577. The molecule has 16 heavy (non-hydrogen) atoms. The van der Waals surface area contributed by atoms with E-state index in [0.29, 0.717) is 5.82 Å². The van der Waals surface area contributed by atoms with Crippen LogP contribution < -0.4 is 5.73 Å². The first-order valence-corrected chi connectivity index (χ1v) is 6.61. The monoisotopic (exact) mass is 236 g/mol. The molecule has 2 N–H and O–H groups in total.